The molecule has 1 amide bonds. The second kappa shape index (κ2) is 10.3. The predicted molar refractivity (Wildman–Crippen MR) is 86.4 cm³/mol. The van der Waals surface area contributed by atoms with Crippen LogP contribution in [0.1, 0.15) is 51.4 Å². The van der Waals surface area contributed by atoms with Gasteiger partial charge in [0.2, 0.25) is 5.91 Å². The van der Waals surface area contributed by atoms with Crippen molar-refractivity contribution in [3.8, 4) is 0 Å². The van der Waals surface area contributed by atoms with Crippen LogP contribution in [-0.4, -0.2) is 45.5 Å². The molecule has 0 saturated heterocycles. The van der Waals surface area contributed by atoms with Crippen LogP contribution in [0.3, 0.4) is 0 Å². The number of aliphatic carboxylic acids is 1. The Labute approximate surface area is 141 Å². The van der Waals surface area contributed by atoms with Gasteiger partial charge in [0.15, 0.2) is 0 Å². The van der Waals surface area contributed by atoms with Crippen molar-refractivity contribution < 1.29 is 19.8 Å². The van der Waals surface area contributed by atoms with Gasteiger partial charge in [-0.2, -0.15) is 0 Å². The topological polar surface area (TPSA) is 86.6 Å². The average molecular weight is 354 g/mol. The number of nitrogens with one attached hydrogen (secondary N) is 1. The lowest BCUT2D eigenvalue weighted by Crippen LogP contribution is -2.46. The van der Waals surface area contributed by atoms with Gasteiger partial charge in [-0.1, -0.05) is 19.3 Å². The van der Waals surface area contributed by atoms with E-state index in [0.717, 1.165) is 25.7 Å². The maximum absolute atomic E-state index is 12.1. The van der Waals surface area contributed by atoms with E-state index in [-0.39, 0.29) is 17.7 Å². The van der Waals surface area contributed by atoms with Crippen molar-refractivity contribution in [1.82, 2.24) is 5.32 Å². The molecule has 0 aromatic carbocycles. The van der Waals surface area contributed by atoms with E-state index in [1.54, 1.807) is 0 Å². The van der Waals surface area contributed by atoms with Crippen LogP contribution in [0.15, 0.2) is 0 Å². The number of rotatable bonds is 9. The van der Waals surface area contributed by atoms with E-state index < -0.39 is 23.4 Å². The molecule has 1 rings (SSSR count). The summed E-state index contributed by atoms with van der Waals surface area (Å²) in [5.74, 6) is -1.47. The second-order valence-corrected chi connectivity index (χ2v) is 7.06. The molecule has 0 aromatic heterocycles. The maximum Gasteiger partial charge on any atom is 0.303 e. The summed E-state index contributed by atoms with van der Waals surface area (Å²) < 4.78 is 0. The number of unbranched alkanes of at least 4 members (excludes halogenated alkanes) is 4. The monoisotopic (exact) mass is 353 g/mol. The summed E-state index contributed by atoms with van der Waals surface area (Å²) in [6, 6.07) is 0. The minimum atomic E-state index is -0.840. The number of hydrogen-bond acceptors (Lipinski definition) is 3. The lowest BCUT2D eigenvalue weighted by Gasteiger charge is -2.33. The first-order chi connectivity index (χ1) is 10.4. The van der Waals surface area contributed by atoms with E-state index >= 15 is 0 Å². The number of carbonyl (C=O) groups is 2. The number of halogens is 2. The molecule has 4 unspecified atom stereocenters. The standard InChI is InChI=1S/C15H25Cl2NO4/c16-10-8-11(14(21)12(17)9-10)15(22)18-7-5-3-1-2-4-6-13(19)20/h10-12,14,21H,1-9H2,(H,18,22)(H,19,20). The van der Waals surface area contributed by atoms with Crippen LogP contribution >= 0.6 is 23.2 Å². The molecular formula is C15H25Cl2NO4. The summed E-state index contributed by atoms with van der Waals surface area (Å²) in [7, 11) is 0. The van der Waals surface area contributed by atoms with Gasteiger partial charge in [-0.3, -0.25) is 9.59 Å². The first-order valence-electron chi connectivity index (χ1n) is 7.87. The molecule has 0 aromatic rings. The fourth-order valence-corrected chi connectivity index (χ4v) is 3.55. The van der Waals surface area contributed by atoms with Gasteiger partial charge in [0.25, 0.3) is 0 Å². The molecule has 1 aliphatic carbocycles. The van der Waals surface area contributed by atoms with Gasteiger partial charge in [-0.15, -0.1) is 23.2 Å². The zero-order valence-corrected chi connectivity index (χ0v) is 14.2. The van der Waals surface area contributed by atoms with Gasteiger partial charge < -0.3 is 15.5 Å². The van der Waals surface area contributed by atoms with Crippen LogP contribution in [0.5, 0.6) is 0 Å². The van der Waals surface area contributed by atoms with Gasteiger partial charge in [0, 0.05) is 18.3 Å². The first kappa shape index (κ1) is 19.5. The van der Waals surface area contributed by atoms with E-state index in [0.29, 0.717) is 25.8 Å². The average Bonchev–Trinajstić information content (AvgIpc) is 2.45. The summed E-state index contributed by atoms with van der Waals surface area (Å²) >= 11 is 12.1. The summed E-state index contributed by atoms with van der Waals surface area (Å²) in [4.78, 5) is 22.4. The molecule has 0 heterocycles. The molecule has 1 aliphatic rings. The van der Waals surface area contributed by atoms with Gasteiger partial charge >= 0.3 is 5.97 Å². The smallest absolute Gasteiger partial charge is 0.303 e. The predicted octanol–water partition coefficient (Wildman–Crippen LogP) is 2.51. The normalized spacial score (nSPS) is 28.3. The molecule has 22 heavy (non-hydrogen) atoms. The van der Waals surface area contributed by atoms with E-state index in [2.05, 4.69) is 5.32 Å². The van der Waals surface area contributed by atoms with Crippen molar-refractivity contribution in [2.24, 2.45) is 5.92 Å². The Hall–Kier alpha value is -0.520. The molecule has 1 saturated carbocycles. The molecule has 0 radical (unpaired) electrons. The Morgan fingerprint density at radius 2 is 1.68 bits per heavy atom. The summed E-state index contributed by atoms with van der Waals surface area (Å²) in [6.45, 7) is 0.556. The number of aliphatic hydroxyl groups is 1. The lowest BCUT2D eigenvalue weighted by atomic mass is 9.85. The SMILES string of the molecule is O=C(O)CCCCCCCNC(=O)C1CC(Cl)CC(Cl)C1O. The number of carboxylic acids is 1. The minimum absolute atomic E-state index is 0.170. The Morgan fingerprint density at radius 3 is 2.36 bits per heavy atom. The molecule has 128 valence electrons. The summed E-state index contributed by atoms with van der Waals surface area (Å²) in [6.07, 6.45) is 4.69. The largest absolute Gasteiger partial charge is 0.481 e. The van der Waals surface area contributed by atoms with E-state index in [4.69, 9.17) is 28.3 Å². The van der Waals surface area contributed by atoms with Crippen LogP contribution in [0.4, 0.5) is 0 Å². The van der Waals surface area contributed by atoms with Gasteiger partial charge in [-0.05, 0) is 25.7 Å². The molecule has 0 aliphatic heterocycles. The number of carboxylic acid groups (broad SMARTS) is 1. The van der Waals surface area contributed by atoms with E-state index in [9.17, 15) is 14.7 Å². The number of amides is 1. The quantitative estimate of drug-likeness (QED) is 0.439. The Morgan fingerprint density at radius 1 is 1.05 bits per heavy atom. The van der Waals surface area contributed by atoms with E-state index in [1.165, 1.54) is 0 Å². The van der Waals surface area contributed by atoms with Gasteiger partial charge in [-0.25, -0.2) is 0 Å². The van der Waals surface area contributed by atoms with Gasteiger partial charge in [0.1, 0.15) is 0 Å². The number of alkyl halides is 2. The Bertz CT molecular complexity index is 367. The second-order valence-electron chi connectivity index (χ2n) is 5.88. The fraction of sp³-hybridized carbons (Fsp3) is 0.867. The highest BCUT2D eigenvalue weighted by molar-refractivity contribution is 6.24. The minimum Gasteiger partial charge on any atom is -0.481 e. The van der Waals surface area contributed by atoms with Crippen LogP contribution < -0.4 is 5.32 Å². The van der Waals surface area contributed by atoms with Gasteiger partial charge in [0.05, 0.1) is 17.4 Å². The zero-order chi connectivity index (χ0) is 16.5. The molecule has 0 spiro atoms. The third-order valence-electron chi connectivity index (χ3n) is 3.98. The number of hydrogen-bond donors (Lipinski definition) is 3. The third kappa shape index (κ3) is 7.16. The maximum atomic E-state index is 12.1. The van der Waals surface area contributed by atoms with Crippen molar-refractivity contribution in [1.29, 1.82) is 0 Å². The fourth-order valence-electron chi connectivity index (χ4n) is 2.68. The first-order valence-corrected chi connectivity index (χ1v) is 8.74. The number of aliphatic hydroxyl groups excluding tert-OH is 1. The molecular weight excluding hydrogens is 329 g/mol. The van der Waals surface area contributed by atoms with Crippen LogP contribution in [0.2, 0.25) is 0 Å². The molecule has 5 nitrogen and oxygen atoms in total. The van der Waals surface area contributed by atoms with Crippen molar-refractivity contribution in [3.05, 3.63) is 0 Å². The van der Waals surface area contributed by atoms with Crippen molar-refractivity contribution in [3.63, 3.8) is 0 Å². The third-order valence-corrected chi connectivity index (χ3v) is 4.77. The highest BCUT2D eigenvalue weighted by Crippen LogP contribution is 2.31. The Balaban J connectivity index is 2.11. The molecule has 4 atom stereocenters. The summed E-state index contributed by atoms with van der Waals surface area (Å²) in [5, 5.41) is 20.7. The van der Waals surface area contributed by atoms with Crippen molar-refractivity contribution >= 4 is 35.1 Å². The molecule has 0 bridgehead atoms. The van der Waals surface area contributed by atoms with E-state index in [1.807, 2.05) is 0 Å². The zero-order valence-electron chi connectivity index (χ0n) is 12.6. The highest BCUT2D eigenvalue weighted by Gasteiger charge is 2.38. The molecule has 3 N–H and O–H groups in total. The Kier molecular flexibility index (Phi) is 9.13. The summed E-state index contributed by atoms with van der Waals surface area (Å²) in [5.41, 5.74) is 0. The van der Waals surface area contributed by atoms with Crippen molar-refractivity contribution in [2.45, 2.75) is 68.2 Å². The van der Waals surface area contributed by atoms with Crippen LogP contribution in [-0.2, 0) is 9.59 Å². The van der Waals surface area contributed by atoms with Crippen LogP contribution in [0.25, 0.3) is 0 Å². The highest BCUT2D eigenvalue weighted by atomic mass is 35.5. The molecule has 1 fully saturated rings. The van der Waals surface area contributed by atoms with Crippen LogP contribution in [0, 0.1) is 5.92 Å². The molecule has 7 heteroatoms. The van der Waals surface area contributed by atoms with Crippen molar-refractivity contribution in [2.75, 3.05) is 6.54 Å². The number of carbonyl (C=O) groups excluding carboxylic acids is 1. The lowest BCUT2D eigenvalue weighted by molar-refractivity contribution is -0.137.